The van der Waals surface area contributed by atoms with Gasteiger partial charge >= 0.3 is 6.18 Å². The fourth-order valence-electron chi connectivity index (χ4n) is 1.87. The molecule has 6 nitrogen and oxygen atoms in total. The predicted octanol–water partition coefficient (Wildman–Crippen LogP) is 2.46. The smallest absolute Gasteiger partial charge is 0.435 e. The molecular formula is C13H13F4N3O3S. The Morgan fingerprint density at radius 2 is 1.88 bits per heavy atom. The van der Waals surface area contributed by atoms with E-state index in [-0.39, 0.29) is 11.6 Å². The Morgan fingerprint density at radius 1 is 1.25 bits per heavy atom. The SMILES string of the molecule is CC(C)Oc1cc(C(F)(F)F)nn1-c1ccc(S(N)(=O)=O)c(F)c1. The Hall–Kier alpha value is -2.14. The molecule has 0 spiro atoms. The lowest BCUT2D eigenvalue weighted by Crippen LogP contribution is -2.15. The van der Waals surface area contributed by atoms with Crippen molar-refractivity contribution >= 4 is 10.0 Å². The van der Waals surface area contributed by atoms with E-state index in [0.717, 1.165) is 16.8 Å². The minimum Gasteiger partial charge on any atom is -0.475 e. The Labute approximate surface area is 134 Å². The summed E-state index contributed by atoms with van der Waals surface area (Å²) in [5.41, 5.74) is -1.37. The molecule has 0 aliphatic rings. The molecule has 1 heterocycles. The largest absolute Gasteiger partial charge is 0.475 e. The van der Waals surface area contributed by atoms with Crippen molar-refractivity contribution in [3.8, 4) is 11.6 Å². The van der Waals surface area contributed by atoms with Gasteiger partial charge in [0.25, 0.3) is 0 Å². The van der Waals surface area contributed by atoms with Crippen LogP contribution in [0.2, 0.25) is 0 Å². The van der Waals surface area contributed by atoms with Crippen molar-refractivity contribution in [1.82, 2.24) is 9.78 Å². The molecule has 0 saturated heterocycles. The van der Waals surface area contributed by atoms with Crippen molar-refractivity contribution in [2.45, 2.75) is 31.0 Å². The molecule has 0 aliphatic carbocycles. The van der Waals surface area contributed by atoms with Crippen LogP contribution < -0.4 is 9.88 Å². The number of hydrogen-bond acceptors (Lipinski definition) is 4. The number of sulfonamides is 1. The van der Waals surface area contributed by atoms with Gasteiger partial charge in [-0.15, -0.1) is 0 Å². The zero-order valence-electron chi connectivity index (χ0n) is 12.5. The van der Waals surface area contributed by atoms with Gasteiger partial charge in [-0.1, -0.05) is 0 Å². The van der Waals surface area contributed by atoms with E-state index in [1.165, 1.54) is 0 Å². The number of nitrogens with zero attached hydrogens (tertiary/aromatic N) is 2. The molecule has 11 heteroatoms. The van der Waals surface area contributed by atoms with Gasteiger partial charge in [-0.05, 0) is 26.0 Å². The molecule has 0 bridgehead atoms. The lowest BCUT2D eigenvalue weighted by molar-refractivity contribution is -0.141. The van der Waals surface area contributed by atoms with Crippen LogP contribution in [-0.4, -0.2) is 24.3 Å². The van der Waals surface area contributed by atoms with Crippen LogP contribution in [-0.2, 0) is 16.2 Å². The van der Waals surface area contributed by atoms with Gasteiger partial charge < -0.3 is 4.74 Å². The summed E-state index contributed by atoms with van der Waals surface area (Å²) in [5.74, 6) is -1.48. The summed E-state index contributed by atoms with van der Waals surface area (Å²) in [4.78, 5) is -0.777. The number of hydrogen-bond donors (Lipinski definition) is 1. The third-order valence-electron chi connectivity index (χ3n) is 2.79. The first kappa shape index (κ1) is 18.2. The second-order valence-electron chi connectivity index (χ2n) is 5.10. The average Bonchev–Trinajstić information content (AvgIpc) is 2.80. The van der Waals surface area contributed by atoms with Crippen LogP contribution in [0.15, 0.2) is 29.2 Å². The van der Waals surface area contributed by atoms with Gasteiger partial charge in [-0.3, -0.25) is 0 Å². The highest BCUT2D eigenvalue weighted by Gasteiger charge is 2.35. The summed E-state index contributed by atoms with van der Waals surface area (Å²) in [6.45, 7) is 3.19. The van der Waals surface area contributed by atoms with Crippen LogP contribution in [0.1, 0.15) is 19.5 Å². The summed E-state index contributed by atoms with van der Waals surface area (Å²) in [5, 5.41) is 8.20. The molecule has 0 radical (unpaired) electrons. The van der Waals surface area contributed by atoms with Crippen LogP contribution >= 0.6 is 0 Å². The van der Waals surface area contributed by atoms with Crippen LogP contribution in [0.3, 0.4) is 0 Å². The van der Waals surface area contributed by atoms with Crippen molar-refractivity contribution in [2.75, 3.05) is 0 Å². The van der Waals surface area contributed by atoms with Gasteiger partial charge in [-0.2, -0.15) is 18.3 Å². The standard InChI is InChI=1S/C13H13F4N3O3S/c1-7(2)23-12-6-11(13(15,16)17)19-20(12)8-3-4-10(9(14)5-8)24(18,21)22/h3-7H,1-2H3,(H2,18,21,22). The van der Waals surface area contributed by atoms with E-state index in [1.807, 2.05) is 0 Å². The number of primary sulfonamides is 1. The number of rotatable bonds is 4. The highest BCUT2D eigenvalue weighted by molar-refractivity contribution is 7.89. The molecule has 24 heavy (non-hydrogen) atoms. The maximum Gasteiger partial charge on any atom is 0.435 e. The van der Waals surface area contributed by atoms with Gasteiger partial charge in [0.15, 0.2) is 5.69 Å². The molecule has 0 unspecified atom stereocenters. The number of ether oxygens (including phenoxy) is 1. The molecule has 0 atom stereocenters. The van der Waals surface area contributed by atoms with Crippen LogP contribution in [0, 0.1) is 5.82 Å². The molecular weight excluding hydrogens is 354 g/mol. The summed E-state index contributed by atoms with van der Waals surface area (Å²) < 4.78 is 80.8. The second kappa shape index (κ2) is 6.06. The average molecular weight is 367 g/mol. The van der Waals surface area contributed by atoms with Crippen molar-refractivity contribution in [1.29, 1.82) is 0 Å². The minimum atomic E-state index is -4.72. The maximum atomic E-state index is 13.9. The molecule has 0 aliphatic heterocycles. The highest BCUT2D eigenvalue weighted by atomic mass is 32.2. The lowest BCUT2D eigenvalue weighted by Gasteiger charge is -2.12. The molecule has 1 aromatic heterocycles. The summed E-state index contributed by atoms with van der Waals surface area (Å²) >= 11 is 0. The summed E-state index contributed by atoms with van der Waals surface area (Å²) in [6, 6.07) is 3.29. The normalized spacial score (nSPS) is 12.7. The number of benzene rings is 1. The molecule has 0 fully saturated rings. The first-order chi connectivity index (χ1) is 10.9. The maximum absolute atomic E-state index is 13.9. The fourth-order valence-corrected chi connectivity index (χ4v) is 2.45. The van der Waals surface area contributed by atoms with Gasteiger partial charge in [0.1, 0.15) is 10.7 Å². The predicted molar refractivity (Wildman–Crippen MR) is 75.7 cm³/mol. The molecule has 2 rings (SSSR count). The summed E-state index contributed by atoms with van der Waals surface area (Å²) in [7, 11) is -4.30. The third-order valence-corrected chi connectivity index (χ3v) is 3.73. The molecule has 132 valence electrons. The van der Waals surface area contributed by atoms with Gasteiger partial charge in [-0.25, -0.2) is 22.6 Å². The van der Waals surface area contributed by atoms with Crippen molar-refractivity contribution in [3.05, 3.63) is 35.8 Å². The number of alkyl halides is 3. The van der Waals surface area contributed by atoms with E-state index >= 15 is 0 Å². The van der Waals surface area contributed by atoms with E-state index < -0.39 is 38.7 Å². The first-order valence-corrected chi connectivity index (χ1v) is 8.11. The van der Waals surface area contributed by atoms with Crippen molar-refractivity contribution in [3.63, 3.8) is 0 Å². The second-order valence-corrected chi connectivity index (χ2v) is 6.63. The Balaban J connectivity index is 2.59. The van der Waals surface area contributed by atoms with Crippen LogP contribution in [0.4, 0.5) is 17.6 Å². The monoisotopic (exact) mass is 367 g/mol. The molecule has 0 saturated carbocycles. The van der Waals surface area contributed by atoms with Crippen LogP contribution in [0.5, 0.6) is 5.88 Å². The number of halogens is 4. The zero-order chi connectivity index (χ0) is 18.3. The zero-order valence-corrected chi connectivity index (χ0v) is 13.3. The van der Waals surface area contributed by atoms with E-state index in [2.05, 4.69) is 5.10 Å². The third kappa shape index (κ3) is 3.85. The highest BCUT2D eigenvalue weighted by Crippen LogP contribution is 2.32. The van der Waals surface area contributed by atoms with Gasteiger partial charge in [0.2, 0.25) is 15.9 Å². The Bertz CT molecular complexity index is 860. The number of aromatic nitrogens is 2. The lowest BCUT2D eigenvalue weighted by atomic mass is 10.3. The van der Waals surface area contributed by atoms with Crippen molar-refractivity contribution in [2.24, 2.45) is 5.14 Å². The Kier molecular flexibility index (Phi) is 4.59. The Morgan fingerprint density at radius 3 is 2.33 bits per heavy atom. The van der Waals surface area contributed by atoms with E-state index in [1.54, 1.807) is 13.8 Å². The molecule has 0 amide bonds. The van der Waals surface area contributed by atoms with E-state index in [9.17, 15) is 26.0 Å². The molecule has 2 N–H and O–H groups in total. The quantitative estimate of drug-likeness (QED) is 0.841. The van der Waals surface area contributed by atoms with Crippen LogP contribution in [0.25, 0.3) is 5.69 Å². The van der Waals surface area contributed by atoms with Gasteiger partial charge in [0, 0.05) is 12.1 Å². The summed E-state index contributed by atoms with van der Waals surface area (Å²) in [6.07, 6.45) is -5.19. The topological polar surface area (TPSA) is 87.2 Å². The fraction of sp³-hybridized carbons (Fsp3) is 0.308. The first-order valence-electron chi connectivity index (χ1n) is 6.56. The van der Waals surface area contributed by atoms with Crippen molar-refractivity contribution < 1.29 is 30.7 Å². The van der Waals surface area contributed by atoms with Gasteiger partial charge in [0.05, 0.1) is 11.8 Å². The molecule has 1 aromatic carbocycles. The van der Waals surface area contributed by atoms with E-state index in [4.69, 9.17) is 9.88 Å². The van der Waals surface area contributed by atoms with E-state index in [0.29, 0.717) is 12.1 Å². The minimum absolute atomic E-state index is 0.147. The number of nitrogens with two attached hydrogens (primary N) is 1. The molecule has 2 aromatic rings.